The van der Waals surface area contributed by atoms with Gasteiger partial charge in [-0.05, 0) is 25.2 Å². The molecule has 3 rings (SSSR count). The lowest BCUT2D eigenvalue weighted by Gasteiger charge is -2.61. The van der Waals surface area contributed by atoms with Gasteiger partial charge in [0, 0.05) is 10.8 Å². The zero-order valence-corrected chi connectivity index (χ0v) is 8.42. The zero-order chi connectivity index (χ0) is 8.94. The van der Waals surface area contributed by atoms with Crippen molar-refractivity contribution < 1.29 is 0 Å². The van der Waals surface area contributed by atoms with Gasteiger partial charge in [0.1, 0.15) is 0 Å². The molecule has 3 aliphatic carbocycles. The maximum atomic E-state index is 2.51. The molecule has 0 bridgehead atoms. The highest BCUT2D eigenvalue weighted by Crippen LogP contribution is 2.66. The molecular formula is C13H18. The molecule has 0 aromatic heterocycles. The predicted octanol–water partition coefficient (Wildman–Crippen LogP) is 3.70. The summed E-state index contributed by atoms with van der Waals surface area (Å²) >= 11 is 0. The van der Waals surface area contributed by atoms with Crippen LogP contribution >= 0.6 is 0 Å². The van der Waals surface area contributed by atoms with Crippen LogP contribution in [0, 0.1) is 16.7 Å². The van der Waals surface area contributed by atoms with E-state index in [-0.39, 0.29) is 0 Å². The molecule has 1 saturated carbocycles. The number of allylic oxidation sites excluding steroid dienone is 4. The number of hydrogen-bond donors (Lipinski definition) is 0. The van der Waals surface area contributed by atoms with Crippen molar-refractivity contribution in [2.45, 2.75) is 39.0 Å². The van der Waals surface area contributed by atoms with Gasteiger partial charge in [-0.1, -0.05) is 44.1 Å². The molecule has 0 aliphatic heterocycles. The van der Waals surface area contributed by atoms with Gasteiger partial charge >= 0.3 is 0 Å². The van der Waals surface area contributed by atoms with Crippen LogP contribution in [-0.2, 0) is 0 Å². The smallest absolute Gasteiger partial charge is 0.00359 e. The Bertz CT molecular complexity index is 286. The van der Waals surface area contributed by atoms with Gasteiger partial charge in [-0.2, -0.15) is 0 Å². The lowest BCUT2D eigenvalue weighted by Crippen LogP contribution is -2.52. The summed E-state index contributed by atoms with van der Waals surface area (Å²) in [4.78, 5) is 0. The average Bonchev–Trinajstić information content (AvgIpc) is 2.11. The van der Waals surface area contributed by atoms with Crippen molar-refractivity contribution in [3.63, 3.8) is 0 Å². The molecule has 0 saturated heterocycles. The van der Waals surface area contributed by atoms with Crippen LogP contribution in [0.25, 0.3) is 0 Å². The van der Waals surface area contributed by atoms with Crippen molar-refractivity contribution >= 4 is 0 Å². The van der Waals surface area contributed by atoms with Gasteiger partial charge < -0.3 is 0 Å². The summed E-state index contributed by atoms with van der Waals surface area (Å²) in [6.07, 6.45) is 17.0. The number of hydrogen-bond acceptors (Lipinski definition) is 0. The SMILES string of the molecule is CC1C=CCC23C=CC12CCCC3. The molecule has 0 nitrogen and oxygen atoms in total. The molecule has 3 unspecified atom stereocenters. The fraction of sp³-hybridized carbons (Fsp3) is 0.692. The van der Waals surface area contributed by atoms with Crippen molar-refractivity contribution in [3.05, 3.63) is 24.3 Å². The average molecular weight is 174 g/mol. The Morgan fingerprint density at radius 3 is 2.69 bits per heavy atom. The standard InChI is InChI=1S/C13H18/c1-11-5-4-7-12-6-2-3-8-13(11,12)10-9-12/h4-5,9-11H,2-3,6-8H2,1H3. The molecule has 0 aromatic rings. The van der Waals surface area contributed by atoms with E-state index in [4.69, 9.17) is 0 Å². The monoisotopic (exact) mass is 174 g/mol. The second kappa shape index (κ2) is 2.29. The minimum atomic E-state index is 0.583. The molecular weight excluding hydrogens is 156 g/mol. The molecule has 0 radical (unpaired) electrons. The zero-order valence-electron chi connectivity index (χ0n) is 8.42. The van der Waals surface area contributed by atoms with E-state index in [1.165, 1.54) is 32.1 Å². The summed E-state index contributed by atoms with van der Waals surface area (Å²) in [5, 5.41) is 0. The Morgan fingerprint density at radius 2 is 2.00 bits per heavy atom. The highest BCUT2D eigenvalue weighted by atomic mass is 14.6. The van der Waals surface area contributed by atoms with Gasteiger partial charge in [0.25, 0.3) is 0 Å². The topological polar surface area (TPSA) is 0 Å². The first-order valence-corrected chi connectivity index (χ1v) is 5.66. The molecule has 0 heteroatoms. The highest BCUT2D eigenvalue weighted by Gasteiger charge is 2.57. The molecule has 0 spiro atoms. The lowest BCUT2D eigenvalue weighted by atomic mass is 9.43. The second-order valence-electron chi connectivity index (χ2n) is 5.16. The van der Waals surface area contributed by atoms with E-state index in [9.17, 15) is 0 Å². The molecule has 13 heavy (non-hydrogen) atoms. The quantitative estimate of drug-likeness (QED) is 0.491. The van der Waals surface area contributed by atoms with Crippen LogP contribution in [0.2, 0.25) is 0 Å². The molecule has 70 valence electrons. The molecule has 0 aromatic carbocycles. The molecule has 1 fully saturated rings. The van der Waals surface area contributed by atoms with Crippen LogP contribution in [0.4, 0.5) is 0 Å². The predicted molar refractivity (Wildman–Crippen MR) is 55.4 cm³/mol. The van der Waals surface area contributed by atoms with Gasteiger partial charge in [0.2, 0.25) is 0 Å². The maximum Gasteiger partial charge on any atom is 0.00359 e. The minimum absolute atomic E-state index is 0.583. The summed E-state index contributed by atoms with van der Waals surface area (Å²) in [6.45, 7) is 2.40. The van der Waals surface area contributed by atoms with E-state index in [0.717, 1.165) is 5.92 Å². The van der Waals surface area contributed by atoms with Crippen LogP contribution in [0.3, 0.4) is 0 Å². The first-order valence-electron chi connectivity index (χ1n) is 5.66. The molecule has 0 N–H and O–H groups in total. The van der Waals surface area contributed by atoms with Gasteiger partial charge in [-0.25, -0.2) is 0 Å². The Labute approximate surface area is 80.7 Å². The lowest BCUT2D eigenvalue weighted by molar-refractivity contribution is 0.00167. The Morgan fingerprint density at radius 1 is 1.15 bits per heavy atom. The Kier molecular flexibility index (Phi) is 1.38. The minimum Gasteiger partial charge on any atom is -0.0873 e. The van der Waals surface area contributed by atoms with Crippen LogP contribution in [0.5, 0.6) is 0 Å². The van der Waals surface area contributed by atoms with Crippen LogP contribution in [-0.4, -0.2) is 0 Å². The third-order valence-corrected chi connectivity index (χ3v) is 4.81. The first-order chi connectivity index (χ1) is 6.29. The van der Waals surface area contributed by atoms with Gasteiger partial charge in [0.05, 0.1) is 0 Å². The third kappa shape index (κ3) is 0.734. The van der Waals surface area contributed by atoms with Crippen molar-refractivity contribution in [2.75, 3.05) is 0 Å². The van der Waals surface area contributed by atoms with E-state index in [1.807, 2.05) is 0 Å². The number of rotatable bonds is 0. The van der Waals surface area contributed by atoms with Crippen molar-refractivity contribution in [3.8, 4) is 0 Å². The van der Waals surface area contributed by atoms with Crippen molar-refractivity contribution in [2.24, 2.45) is 16.7 Å². The van der Waals surface area contributed by atoms with E-state index in [2.05, 4.69) is 31.2 Å². The normalized spacial score (nSPS) is 52.2. The first kappa shape index (κ1) is 7.84. The maximum absolute atomic E-state index is 2.51. The summed E-state index contributed by atoms with van der Waals surface area (Å²) in [7, 11) is 0. The van der Waals surface area contributed by atoms with Gasteiger partial charge in [-0.15, -0.1) is 0 Å². The van der Waals surface area contributed by atoms with Crippen molar-refractivity contribution in [1.82, 2.24) is 0 Å². The summed E-state index contributed by atoms with van der Waals surface area (Å²) < 4.78 is 0. The van der Waals surface area contributed by atoms with Crippen molar-refractivity contribution in [1.29, 1.82) is 0 Å². The fourth-order valence-corrected chi connectivity index (χ4v) is 3.89. The van der Waals surface area contributed by atoms with Gasteiger partial charge in [-0.3, -0.25) is 0 Å². The summed E-state index contributed by atoms with van der Waals surface area (Å²) in [5.41, 5.74) is 1.18. The summed E-state index contributed by atoms with van der Waals surface area (Å²) in [6, 6.07) is 0. The largest absolute Gasteiger partial charge is 0.0873 e. The van der Waals surface area contributed by atoms with E-state index in [0.29, 0.717) is 10.8 Å². The van der Waals surface area contributed by atoms with E-state index >= 15 is 0 Å². The van der Waals surface area contributed by atoms with E-state index in [1.54, 1.807) is 0 Å². The second-order valence-corrected chi connectivity index (χ2v) is 5.16. The highest BCUT2D eigenvalue weighted by molar-refractivity contribution is 5.34. The molecule has 0 amide bonds. The third-order valence-electron chi connectivity index (χ3n) is 4.81. The van der Waals surface area contributed by atoms with Crippen LogP contribution in [0.1, 0.15) is 39.0 Å². The molecule has 3 aliphatic rings. The molecule has 0 heterocycles. The Hall–Kier alpha value is -0.520. The van der Waals surface area contributed by atoms with Gasteiger partial charge in [0.15, 0.2) is 0 Å². The fourth-order valence-electron chi connectivity index (χ4n) is 3.89. The molecule has 3 atom stereocenters. The van der Waals surface area contributed by atoms with Crippen LogP contribution in [0.15, 0.2) is 24.3 Å². The Balaban J connectivity index is 2.07. The van der Waals surface area contributed by atoms with Crippen LogP contribution < -0.4 is 0 Å². The summed E-state index contributed by atoms with van der Waals surface area (Å²) in [5.74, 6) is 0.784. The van der Waals surface area contributed by atoms with E-state index < -0.39 is 0 Å².